The molecule has 3 aromatic rings. The first kappa shape index (κ1) is 19.6. The predicted molar refractivity (Wildman–Crippen MR) is 99.3 cm³/mol. The van der Waals surface area contributed by atoms with E-state index in [1.807, 2.05) is 0 Å². The van der Waals surface area contributed by atoms with Crippen LogP contribution in [0.1, 0.15) is 18.9 Å². The lowest BCUT2D eigenvalue weighted by atomic mass is 10.1. The summed E-state index contributed by atoms with van der Waals surface area (Å²) < 4.78 is 68.4. The number of piperidine rings is 1. The smallest absolute Gasteiger partial charge is 0.261 e. The molecule has 0 bridgehead atoms. The first-order valence-electron chi connectivity index (χ1n) is 8.89. The summed E-state index contributed by atoms with van der Waals surface area (Å²) in [4.78, 5) is 16.3. The highest BCUT2D eigenvalue weighted by Gasteiger charge is 2.32. The highest BCUT2D eigenvalue weighted by atomic mass is 32.2. The summed E-state index contributed by atoms with van der Waals surface area (Å²) in [6.45, 7) is 0.106. The molecule has 0 amide bonds. The molecular weight excluding hydrogens is 407 g/mol. The fourth-order valence-electron chi connectivity index (χ4n) is 3.55. The van der Waals surface area contributed by atoms with Crippen molar-refractivity contribution >= 4 is 20.9 Å². The lowest BCUT2D eigenvalue weighted by molar-refractivity contribution is 0.269. The molecule has 4 rings (SSSR count). The number of fused-ring (bicyclic) bond motifs is 1. The predicted octanol–water partition coefficient (Wildman–Crippen LogP) is 2.84. The molecule has 1 aliphatic heterocycles. The van der Waals surface area contributed by atoms with Crippen molar-refractivity contribution in [3.63, 3.8) is 0 Å². The maximum atomic E-state index is 13.9. The van der Waals surface area contributed by atoms with Crippen molar-refractivity contribution in [3.05, 3.63) is 70.5 Å². The quantitative estimate of drug-likeness (QED) is 0.650. The second-order valence-electron chi connectivity index (χ2n) is 6.83. The summed E-state index contributed by atoms with van der Waals surface area (Å²) in [6, 6.07) is 5.75. The van der Waals surface area contributed by atoms with Gasteiger partial charge < -0.3 is 0 Å². The molecule has 0 aliphatic carbocycles. The Bertz CT molecular complexity index is 1250. The van der Waals surface area contributed by atoms with Gasteiger partial charge in [-0.05, 0) is 43.2 Å². The molecule has 1 saturated heterocycles. The summed E-state index contributed by atoms with van der Waals surface area (Å²) in [5.41, 5.74) is -0.0279. The van der Waals surface area contributed by atoms with Crippen molar-refractivity contribution in [3.8, 4) is 0 Å². The Balaban J connectivity index is 1.57. The van der Waals surface area contributed by atoms with E-state index in [0.29, 0.717) is 24.4 Å². The first-order valence-corrected chi connectivity index (χ1v) is 10.3. The van der Waals surface area contributed by atoms with Crippen LogP contribution < -0.4 is 5.56 Å². The second kappa shape index (κ2) is 7.27. The Kier molecular flexibility index (Phi) is 4.91. The zero-order valence-corrected chi connectivity index (χ0v) is 15.9. The van der Waals surface area contributed by atoms with E-state index >= 15 is 0 Å². The molecular formula is C19H16F3N3O3S. The van der Waals surface area contributed by atoms with Gasteiger partial charge in [-0.3, -0.25) is 9.36 Å². The third-order valence-electron chi connectivity index (χ3n) is 5.07. The van der Waals surface area contributed by atoms with E-state index < -0.39 is 37.9 Å². The Labute approximate surface area is 164 Å². The third-order valence-corrected chi connectivity index (χ3v) is 7.01. The lowest BCUT2D eigenvalue weighted by Crippen LogP contribution is -2.41. The highest BCUT2D eigenvalue weighted by molar-refractivity contribution is 7.89. The van der Waals surface area contributed by atoms with E-state index in [1.54, 1.807) is 0 Å². The molecule has 0 atom stereocenters. The van der Waals surface area contributed by atoms with Crippen LogP contribution in [0, 0.1) is 17.5 Å². The van der Waals surface area contributed by atoms with E-state index in [-0.39, 0.29) is 24.5 Å². The van der Waals surface area contributed by atoms with Gasteiger partial charge >= 0.3 is 0 Å². The topological polar surface area (TPSA) is 72.3 Å². The molecule has 10 heteroatoms. The average molecular weight is 423 g/mol. The van der Waals surface area contributed by atoms with Crippen molar-refractivity contribution in [2.75, 3.05) is 13.1 Å². The van der Waals surface area contributed by atoms with Crippen LogP contribution in [0.25, 0.3) is 10.9 Å². The van der Waals surface area contributed by atoms with Crippen LogP contribution in [0.5, 0.6) is 0 Å². The molecule has 1 aromatic heterocycles. The van der Waals surface area contributed by atoms with Crippen LogP contribution in [-0.4, -0.2) is 35.4 Å². The Hall–Kier alpha value is -2.72. The van der Waals surface area contributed by atoms with Gasteiger partial charge in [0.1, 0.15) is 22.3 Å². The number of hydrogen-bond donors (Lipinski definition) is 0. The standard InChI is InChI=1S/C19H16F3N3O3S/c20-12-1-3-17-15(9-12)19(26)25(11-23-17)14-5-7-24(8-6-14)29(27,28)18-4-2-13(21)10-16(18)22/h1-4,9-11,14H,5-8H2. The molecule has 0 unspecified atom stereocenters. The number of nitrogens with zero attached hydrogens (tertiary/aromatic N) is 3. The number of halogens is 3. The molecule has 0 saturated carbocycles. The second-order valence-corrected chi connectivity index (χ2v) is 8.73. The van der Waals surface area contributed by atoms with Gasteiger partial charge in [-0.2, -0.15) is 4.31 Å². The fourth-order valence-corrected chi connectivity index (χ4v) is 5.07. The first-order chi connectivity index (χ1) is 13.8. The van der Waals surface area contributed by atoms with Gasteiger partial charge in [0.25, 0.3) is 5.56 Å². The molecule has 6 nitrogen and oxygen atoms in total. The monoisotopic (exact) mass is 423 g/mol. The third kappa shape index (κ3) is 3.53. The summed E-state index contributed by atoms with van der Waals surface area (Å²) in [5.74, 6) is -2.56. The van der Waals surface area contributed by atoms with Crippen LogP contribution in [0.3, 0.4) is 0 Å². The average Bonchev–Trinajstić information content (AvgIpc) is 2.68. The van der Waals surface area contributed by atoms with E-state index in [9.17, 15) is 26.4 Å². The van der Waals surface area contributed by atoms with Crippen molar-refractivity contribution in [1.29, 1.82) is 0 Å². The SMILES string of the molecule is O=c1c2cc(F)ccc2ncn1C1CCN(S(=O)(=O)c2ccc(F)cc2F)CC1. The van der Waals surface area contributed by atoms with Crippen molar-refractivity contribution in [2.24, 2.45) is 0 Å². The van der Waals surface area contributed by atoms with Crippen LogP contribution >= 0.6 is 0 Å². The van der Waals surface area contributed by atoms with Crippen molar-refractivity contribution in [2.45, 2.75) is 23.8 Å². The van der Waals surface area contributed by atoms with Crippen molar-refractivity contribution in [1.82, 2.24) is 13.9 Å². The molecule has 0 spiro atoms. The number of hydrogen-bond acceptors (Lipinski definition) is 4. The fraction of sp³-hybridized carbons (Fsp3) is 0.263. The van der Waals surface area contributed by atoms with Gasteiger partial charge in [-0.1, -0.05) is 0 Å². The summed E-state index contributed by atoms with van der Waals surface area (Å²) >= 11 is 0. The van der Waals surface area contributed by atoms with Gasteiger partial charge in [-0.15, -0.1) is 0 Å². The Morgan fingerprint density at radius 3 is 2.31 bits per heavy atom. The number of aromatic nitrogens is 2. The maximum absolute atomic E-state index is 13.9. The molecule has 2 aromatic carbocycles. The highest BCUT2D eigenvalue weighted by Crippen LogP contribution is 2.27. The van der Waals surface area contributed by atoms with E-state index in [4.69, 9.17) is 0 Å². The van der Waals surface area contributed by atoms with Gasteiger partial charge in [0.2, 0.25) is 10.0 Å². The number of rotatable bonds is 3. The van der Waals surface area contributed by atoms with Crippen LogP contribution in [0.15, 0.2) is 52.4 Å². The zero-order valence-electron chi connectivity index (χ0n) is 15.1. The van der Waals surface area contributed by atoms with Gasteiger partial charge in [-0.25, -0.2) is 26.6 Å². The van der Waals surface area contributed by atoms with E-state index in [1.165, 1.54) is 23.0 Å². The number of sulfonamides is 1. The Morgan fingerprint density at radius 2 is 1.62 bits per heavy atom. The Morgan fingerprint density at radius 1 is 0.966 bits per heavy atom. The van der Waals surface area contributed by atoms with Crippen LogP contribution in [-0.2, 0) is 10.0 Å². The normalized spacial score (nSPS) is 16.4. The molecule has 0 radical (unpaired) electrons. The van der Waals surface area contributed by atoms with E-state index in [2.05, 4.69) is 4.98 Å². The maximum Gasteiger partial charge on any atom is 0.261 e. The summed E-state index contributed by atoms with van der Waals surface area (Å²) in [5, 5.41) is 0.149. The van der Waals surface area contributed by atoms with E-state index in [0.717, 1.165) is 22.5 Å². The molecule has 29 heavy (non-hydrogen) atoms. The van der Waals surface area contributed by atoms with Gasteiger partial charge in [0, 0.05) is 25.2 Å². The molecule has 2 heterocycles. The number of benzene rings is 2. The minimum atomic E-state index is -4.13. The van der Waals surface area contributed by atoms with Crippen LogP contribution in [0.4, 0.5) is 13.2 Å². The molecule has 1 fully saturated rings. The van der Waals surface area contributed by atoms with Gasteiger partial charge in [0.15, 0.2) is 0 Å². The van der Waals surface area contributed by atoms with Crippen molar-refractivity contribution < 1.29 is 21.6 Å². The lowest BCUT2D eigenvalue weighted by Gasteiger charge is -2.32. The minimum Gasteiger partial charge on any atom is -0.296 e. The largest absolute Gasteiger partial charge is 0.296 e. The minimum absolute atomic E-state index is 0.0530. The molecule has 152 valence electrons. The van der Waals surface area contributed by atoms with Crippen LogP contribution in [0.2, 0.25) is 0 Å². The van der Waals surface area contributed by atoms with Gasteiger partial charge in [0.05, 0.1) is 17.2 Å². The zero-order chi connectivity index (χ0) is 20.8. The molecule has 1 aliphatic rings. The molecule has 0 N–H and O–H groups in total. The summed E-state index contributed by atoms with van der Waals surface area (Å²) in [6.07, 6.45) is 1.96. The summed E-state index contributed by atoms with van der Waals surface area (Å²) in [7, 11) is -4.13.